The molecule has 2 fully saturated rings. The van der Waals surface area contributed by atoms with Crippen molar-refractivity contribution < 1.29 is 4.74 Å². The molecule has 2 saturated heterocycles. The van der Waals surface area contributed by atoms with E-state index in [4.69, 9.17) is 4.74 Å². The summed E-state index contributed by atoms with van der Waals surface area (Å²) in [7, 11) is 0. The molecule has 25 heavy (non-hydrogen) atoms. The topological polar surface area (TPSA) is 37.4 Å². The maximum atomic E-state index is 5.85. The lowest BCUT2D eigenvalue weighted by Crippen LogP contribution is -2.48. The molecule has 4 nitrogen and oxygen atoms in total. The van der Waals surface area contributed by atoms with E-state index in [1.165, 1.54) is 43.4 Å². The second kappa shape index (κ2) is 7.81. The number of para-hydroxylation sites is 1. The normalized spacial score (nSPS) is 25.6. The number of likely N-dealkylation sites (tertiary alicyclic amines) is 1. The van der Waals surface area contributed by atoms with E-state index in [-0.39, 0.29) is 0 Å². The van der Waals surface area contributed by atoms with E-state index >= 15 is 0 Å². The summed E-state index contributed by atoms with van der Waals surface area (Å²) < 4.78 is 5.85. The summed E-state index contributed by atoms with van der Waals surface area (Å²) >= 11 is 0. The van der Waals surface area contributed by atoms with Gasteiger partial charge in [0.2, 0.25) is 0 Å². The fraction of sp³-hybridized carbons (Fsp3) is 0.571. The number of fused-ring (bicyclic) bond motifs is 1. The number of piperidine rings is 1. The van der Waals surface area contributed by atoms with Gasteiger partial charge in [-0.2, -0.15) is 0 Å². The Morgan fingerprint density at radius 2 is 2.00 bits per heavy atom. The molecular weight excluding hydrogens is 310 g/mol. The van der Waals surface area contributed by atoms with Crippen LogP contribution in [0.3, 0.4) is 0 Å². The Hall–Kier alpha value is -1.49. The second-order valence-corrected chi connectivity index (χ2v) is 7.47. The van der Waals surface area contributed by atoms with Crippen molar-refractivity contribution in [3.8, 4) is 0 Å². The highest BCUT2D eigenvalue weighted by Gasteiger charge is 2.31. The van der Waals surface area contributed by atoms with E-state index in [2.05, 4.69) is 52.5 Å². The van der Waals surface area contributed by atoms with Gasteiger partial charge in [0.15, 0.2) is 0 Å². The molecule has 134 valence electrons. The van der Waals surface area contributed by atoms with Gasteiger partial charge >= 0.3 is 0 Å². The van der Waals surface area contributed by atoms with Crippen LogP contribution in [0.2, 0.25) is 0 Å². The van der Waals surface area contributed by atoms with Crippen LogP contribution in [0.1, 0.15) is 25.3 Å². The van der Waals surface area contributed by atoms with Gasteiger partial charge < -0.3 is 15.0 Å². The Morgan fingerprint density at radius 3 is 2.84 bits per heavy atom. The van der Waals surface area contributed by atoms with Gasteiger partial charge in [0, 0.05) is 29.6 Å². The summed E-state index contributed by atoms with van der Waals surface area (Å²) in [5, 5.41) is 5.20. The predicted octanol–water partition coefficient (Wildman–Crippen LogP) is 2.87. The zero-order valence-corrected chi connectivity index (χ0v) is 15.2. The van der Waals surface area contributed by atoms with E-state index in [0.717, 1.165) is 25.2 Å². The molecule has 1 N–H and O–H groups in total. The van der Waals surface area contributed by atoms with Crippen molar-refractivity contribution >= 4 is 10.9 Å². The van der Waals surface area contributed by atoms with Gasteiger partial charge in [0.05, 0.1) is 18.7 Å². The van der Waals surface area contributed by atoms with Crippen molar-refractivity contribution in [2.24, 2.45) is 5.92 Å². The van der Waals surface area contributed by atoms with E-state index < -0.39 is 0 Å². The fourth-order valence-corrected chi connectivity index (χ4v) is 4.32. The molecule has 1 aromatic heterocycles. The van der Waals surface area contributed by atoms with Crippen LogP contribution in [0, 0.1) is 5.92 Å². The Morgan fingerprint density at radius 1 is 1.16 bits per heavy atom. The van der Waals surface area contributed by atoms with Crippen LogP contribution in [0.25, 0.3) is 10.9 Å². The molecule has 0 saturated carbocycles. The summed E-state index contributed by atoms with van der Waals surface area (Å²) in [4.78, 5) is 7.04. The Balaban J connectivity index is 1.41. The van der Waals surface area contributed by atoms with Gasteiger partial charge in [-0.1, -0.05) is 25.1 Å². The van der Waals surface area contributed by atoms with Crippen LogP contribution < -0.4 is 5.32 Å². The van der Waals surface area contributed by atoms with E-state index in [0.29, 0.717) is 18.0 Å². The first-order valence-electron chi connectivity index (χ1n) is 9.72. The molecule has 0 aliphatic carbocycles. The average Bonchev–Trinajstić information content (AvgIpc) is 3.09. The van der Waals surface area contributed by atoms with Crippen LogP contribution in [-0.2, 0) is 11.2 Å². The van der Waals surface area contributed by atoms with Gasteiger partial charge in [-0.25, -0.2) is 0 Å². The highest BCUT2D eigenvalue weighted by Crippen LogP contribution is 2.25. The van der Waals surface area contributed by atoms with Crippen molar-refractivity contribution in [2.75, 3.05) is 32.8 Å². The summed E-state index contributed by atoms with van der Waals surface area (Å²) in [5.41, 5.74) is 2.49. The quantitative estimate of drug-likeness (QED) is 0.909. The Kier molecular flexibility index (Phi) is 5.30. The number of benzene rings is 1. The standard InChI is InChI=1S/C21H29N3O/c1-2-24-11-8-18(9-12-24)23-21-15-25-14-17(21)13-16-7-10-22-20-6-4-3-5-19(16)20/h3-7,10,17-18,21,23H,2,8-9,11-15H2,1H3/t17-,21-/m1/s1. The zero-order valence-electron chi connectivity index (χ0n) is 15.2. The number of hydrogen-bond acceptors (Lipinski definition) is 4. The first kappa shape index (κ1) is 17.0. The van der Waals surface area contributed by atoms with Gasteiger partial charge in [-0.3, -0.25) is 4.98 Å². The molecule has 1 aromatic carbocycles. The highest BCUT2D eigenvalue weighted by atomic mass is 16.5. The third kappa shape index (κ3) is 3.86. The first-order chi connectivity index (χ1) is 12.3. The maximum Gasteiger partial charge on any atom is 0.0704 e. The largest absolute Gasteiger partial charge is 0.379 e. The van der Waals surface area contributed by atoms with Gasteiger partial charge in [-0.05, 0) is 56.6 Å². The Bertz CT molecular complexity index is 691. The molecule has 4 rings (SSSR count). The zero-order chi connectivity index (χ0) is 17.1. The van der Waals surface area contributed by atoms with Gasteiger partial charge in [0.25, 0.3) is 0 Å². The fourth-order valence-electron chi connectivity index (χ4n) is 4.32. The third-order valence-electron chi connectivity index (χ3n) is 5.90. The number of nitrogens with zero attached hydrogens (tertiary/aromatic N) is 2. The lowest BCUT2D eigenvalue weighted by molar-refractivity contribution is 0.173. The number of pyridine rings is 1. The van der Waals surface area contributed by atoms with Crippen LogP contribution >= 0.6 is 0 Å². The highest BCUT2D eigenvalue weighted by molar-refractivity contribution is 5.81. The lowest BCUT2D eigenvalue weighted by Gasteiger charge is -2.34. The molecule has 4 heteroatoms. The number of ether oxygens (including phenoxy) is 1. The second-order valence-electron chi connectivity index (χ2n) is 7.47. The Labute approximate surface area is 150 Å². The molecule has 2 aliphatic rings. The van der Waals surface area contributed by atoms with E-state index in [1.54, 1.807) is 0 Å². The molecule has 0 bridgehead atoms. The summed E-state index contributed by atoms with van der Waals surface area (Å²) in [5.74, 6) is 0.551. The van der Waals surface area contributed by atoms with Crippen LogP contribution in [0.5, 0.6) is 0 Å². The summed E-state index contributed by atoms with van der Waals surface area (Å²) in [6.45, 7) is 7.59. The molecule has 2 aromatic rings. The minimum Gasteiger partial charge on any atom is -0.379 e. The third-order valence-corrected chi connectivity index (χ3v) is 5.90. The molecule has 2 atom stereocenters. The smallest absolute Gasteiger partial charge is 0.0704 e. The van der Waals surface area contributed by atoms with Crippen LogP contribution in [-0.4, -0.2) is 54.8 Å². The van der Waals surface area contributed by atoms with Gasteiger partial charge in [-0.15, -0.1) is 0 Å². The van der Waals surface area contributed by atoms with Crippen LogP contribution in [0.15, 0.2) is 36.5 Å². The lowest BCUT2D eigenvalue weighted by atomic mass is 9.92. The molecule has 0 amide bonds. The molecule has 2 aliphatic heterocycles. The van der Waals surface area contributed by atoms with Crippen molar-refractivity contribution in [1.82, 2.24) is 15.2 Å². The molecule has 0 spiro atoms. The van der Waals surface area contributed by atoms with Crippen molar-refractivity contribution in [3.63, 3.8) is 0 Å². The van der Waals surface area contributed by atoms with Crippen molar-refractivity contribution in [2.45, 2.75) is 38.3 Å². The summed E-state index contributed by atoms with van der Waals surface area (Å²) in [6.07, 6.45) is 5.52. The minimum atomic E-state index is 0.477. The molecule has 0 radical (unpaired) electrons. The van der Waals surface area contributed by atoms with Gasteiger partial charge in [0.1, 0.15) is 0 Å². The number of aromatic nitrogens is 1. The monoisotopic (exact) mass is 339 g/mol. The number of hydrogen-bond donors (Lipinski definition) is 1. The molecular formula is C21H29N3O. The number of nitrogens with one attached hydrogen (secondary N) is 1. The average molecular weight is 339 g/mol. The van der Waals surface area contributed by atoms with E-state index in [1.807, 2.05) is 6.20 Å². The predicted molar refractivity (Wildman–Crippen MR) is 102 cm³/mol. The summed E-state index contributed by atoms with van der Waals surface area (Å²) in [6, 6.07) is 11.8. The molecule has 0 unspecified atom stereocenters. The first-order valence-corrected chi connectivity index (χ1v) is 9.72. The minimum absolute atomic E-state index is 0.477. The van der Waals surface area contributed by atoms with E-state index in [9.17, 15) is 0 Å². The maximum absolute atomic E-state index is 5.85. The van der Waals surface area contributed by atoms with Crippen molar-refractivity contribution in [1.29, 1.82) is 0 Å². The van der Waals surface area contributed by atoms with Crippen LogP contribution in [0.4, 0.5) is 0 Å². The van der Waals surface area contributed by atoms with Crippen molar-refractivity contribution in [3.05, 3.63) is 42.1 Å². The number of rotatable bonds is 5. The molecule has 3 heterocycles. The SMILES string of the molecule is CCN1CCC(N[C@@H]2COC[C@H]2Cc2ccnc3ccccc23)CC1.